The number of fused-ring (bicyclic) bond motifs is 13. The molecule has 0 fully saturated rings. The number of aromatic nitrogens is 3. The summed E-state index contributed by atoms with van der Waals surface area (Å²) in [6.07, 6.45) is 0. The van der Waals surface area contributed by atoms with Crippen molar-refractivity contribution in [2.45, 2.75) is 19.3 Å². The topological polar surface area (TPSA) is 30.7 Å². The summed E-state index contributed by atoms with van der Waals surface area (Å²) < 4.78 is 5.06. The number of hydrogen-bond donors (Lipinski definition) is 0. The van der Waals surface area contributed by atoms with Gasteiger partial charge in [-0.05, 0) is 122 Å². The van der Waals surface area contributed by atoms with E-state index in [1.54, 1.807) is 0 Å². The van der Waals surface area contributed by atoms with Crippen LogP contribution in [0.3, 0.4) is 0 Å². The van der Waals surface area contributed by atoms with Gasteiger partial charge in [-0.1, -0.05) is 159 Å². The van der Waals surface area contributed by atoms with Crippen LogP contribution in [0.25, 0.3) is 125 Å². The first-order valence-electron chi connectivity index (χ1n) is 23.1. The fraction of sp³-hybridized carbons (Fsp3) is 0.0476. The molecule has 4 heteroatoms. The molecule has 67 heavy (non-hydrogen) atoms. The van der Waals surface area contributed by atoms with E-state index >= 15 is 0 Å². The van der Waals surface area contributed by atoms with E-state index in [1.165, 1.54) is 96.9 Å². The Morgan fingerprint density at radius 2 is 1.04 bits per heavy atom. The van der Waals surface area contributed by atoms with Crippen LogP contribution >= 0.6 is 11.3 Å². The lowest BCUT2D eigenvalue weighted by Crippen LogP contribution is -2.14. The molecule has 13 aromatic rings. The van der Waals surface area contributed by atoms with E-state index in [-0.39, 0.29) is 5.41 Å². The predicted octanol–water partition coefficient (Wildman–Crippen LogP) is 17.2. The first-order valence-corrected chi connectivity index (χ1v) is 23.9. The summed E-state index contributed by atoms with van der Waals surface area (Å²) >= 11 is 1.88. The van der Waals surface area contributed by atoms with Gasteiger partial charge in [-0.15, -0.1) is 11.3 Å². The van der Waals surface area contributed by atoms with Gasteiger partial charge < -0.3 is 4.57 Å². The molecule has 0 radical (unpaired) electrons. The largest absolute Gasteiger partial charge is 0.309 e. The molecule has 1 aliphatic carbocycles. The monoisotopic (exact) mass is 871 g/mol. The quantitative estimate of drug-likeness (QED) is 0.172. The first kappa shape index (κ1) is 38.1. The number of nitrogens with zero attached hydrogens (tertiary/aromatic N) is 3. The second-order valence-electron chi connectivity index (χ2n) is 18.5. The SMILES string of the molecule is CC1(C)c2ccccc2-c2ccc(-c3cc(-c4ccccc4)nc(-c4ccc(-n5c6ccc(-c7cc8sc9ccccc9c8c8ccccc78)cc6c6c7ccccc7ccc65)cc4)n3)cc21. The van der Waals surface area contributed by atoms with Gasteiger partial charge in [-0.25, -0.2) is 9.97 Å². The Morgan fingerprint density at radius 1 is 0.388 bits per heavy atom. The Kier molecular flexibility index (Phi) is 8.20. The molecule has 0 bridgehead atoms. The summed E-state index contributed by atoms with van der Waals surface area (Å²) in [5.41, 5.74) is 16.0. The van der Waals surface area contributed by atoms with Crippen molar-refractivity contribution in [3.05, 3.63) is 223 Å². The molecular formula is C63H41N3S. The molecule has 10 aromatic carbocycles. The highest BCUT2D eigenvalue weighted by molar-refractivity contribution is 7.26. The van der Waals surface area contributed by atoms with Crippen molar-refractivity contribution < 1.29 is 0 Å². The van der Waals surface area contributed by atoms with E-state index in [2.05, 4.69) is 231 Å². The third-order valence-electron chi connectivity index (χ3n) is 14.4. The molecule has 0 saturated heterocycles. The van der Waals surface area contributed by atoms with Gasteiger partial charge in [-0.2, -0.15) is 0 Å². The molecular weight excluding hydrogens is 831 g/mol. The minimum atomic E-state index is -0.112. The predicted molar refractivity (Wildman–Crippen MR) is 284 cm³/mol. The summed E-state index contributed by atoms with van der Waals surface area (Å²) in [4.78, 5) is 10.6. The molecule has 0 N–H and O–H groups in total. The van der Waals surface area contributed by atoms with Gasteiger partial charge >= 0.3 is 0 Å². The maximum atomic E-state index is 5.32. The summed E-state index contributed by atoms with van der Waals surface area (Å²) in [6, 6.07) is 77.6. The van der Waals surface area contributed by atoms with Crippen molar-refractivity contribution in [1.82, 2.24) is 14.5 Å². The van der Waals surface area contributed by atoms with Gasteiger partial charge in [-0.3, -0.25) is 0 Å². The van der Waals surface area contributed by atoms with E-state index in [1.807, 2.05) is 11.3 Å². The minimum Gasteiger partial charge on any atom is -0.309 e. The lowest BCUT2D eigenvalue weighted by atomic mass is 9.82. The van der Waals surface area contributed by atoms with Crippen LogP contribution in [0.15, 0.2) is 212 Å². The molecule has 3 nitrogen and oxygen atoms in total. The zero-order valence-corrected chi connectivity index (χ0v) is 37.8. The van der Waals surface area contributed by atoms with E-state index in [9.17, 15) is 0 Å². The van der Waals surface area contributed by atoms with Gasteiger partial charge in [0.05, 0.1) is 22.4 Å². The van der Waals surface area contributed by atoms with Crippen molar-refractivity contribution in [3.63, 3.8) is 0 Å². The Bertz CT molecular complexity index is 4170. The summed E-state index contributed by atoms with van der Waals surface area (Å²) in [6.45, 7) is 4.66. The molecule has 14 rings (SSSR count). The summed E-state index contributed by atoms with van der Waals surface area (Å²) in [5, 5.41) is 10.2. The maximum absolute atomic E-state index is 5.32. The molecule has 3 heterocycles. The zero-order chi connectivity index (χ0) is 44.4. The standard InChI is InChI=1S/C63H41N3S/c1-63(2)52-22-12-10-19-46(52)47-31-26-42(35-53(47)63)55-37-54(39-15-4-3-5-16-39)64-62(65-55)40-24-29-43(30-25-40)66-56-32-28-41(34-51(56)60-44-17-7-6-14-38(44)27-33-57(60)66)50-36-59-61(48-20-9-8-18-45(48)50)49-21-11-13-23-58(49)67-59/h3-37H,1-2H3. The second-order valence-corrected chi connectivity index (χ2v) is 19.6. The van der Waals surface area contributed by atoms with Crippen LogP contribution in [0.2, 0.25) is 0 Å². The maximum Gasteiger partial charge on any atom is 0.160 e. The van der Waals surface area contributed by atoms with E-state index in [4.69, 9.17) is 9.97 Å². The molecule has 0 atom stereocenters. The first-order chi connectivity index (χ1) is 33.0. The van der Waals surface area contributed by atoms with Gasteiger partial charge in [0.1, 0.15) is 0 Å². The Labute approximate surface area is 391 Å². The van der Waals surface area contributed by atoms with Crippen LogP contribution < -0.4 is 0 Å². The third-order valence-corrected chi connectivity index (χ3v) is 15.5. The summed E-state index contributed by atoms with van der Waals surface area (Å²) in [5.74, 6) is 0.701. The molecule has 3 aromatic heterocycles. The molecule has 0 spiro atoms. The number of rotatable bonds is 5. The van der Waals surface area contributed by atoms with Crippen molar-refractivity contribution in [2.24, 2.45) is 0 Å². The van der Waals surface area contributed by atoms with Crippen molar-refractivity contribution in [2.75, 3.05) is 0 Å². The van der Waals surface area contributed by atoms with Gasteiger partial charge in [0.2, 0.25) is 0 Å². The average Bonchev–Trinajstić information content (AvgIpc) is 4.01. The number of benzene rings is 10. The second kappa shape index (κ2) is 14.4. The lowest BCUT2D eigenvalue weighted by Gasteiger charge is -2.22. The third kappa shape index (κ3) is 5.76. The Morgan fingerprint density at radius 3 is 1.90 bits per heavy atom. The van der Waals surface area contributed by atoms with E-state index in [0.29, 0.717) is 5.82 Å². The van der Waals surface area contributed by atoms with Crippen LogP contribution in [0.1, 0.15) is 25.0 Å². The summed E-state index contributed by atoms with van der Waals surface area (Å²) in [7, 11) is 0. The normalized spacial score (nSPS) is 13.0. The molecule has 0 saturated carbocycles. The highest BCUT2D eigenvalue weighted by Gasteiger charge is 2.35. The smallest absolute Gasteiger partial charge is 0.160 e. The van der Waals surface area contributed by atoms with Crippen molar-refractivity contribution in [1.29, 1.82) is 0 Å². The molecule has 0 unspecified atom stereocenters. The van der Waals surface area contributed by atoms with Crippen molar-refractivity contribution in [3.8, 4) is 61.8 Å². The number of hydrogen-bond acceptors (Lipinski definition) is 3. The van der Waals surface area contributed by atoms with Crippen LogP contribution in [-0.2, 0) is 5.41 Å². The van der Waals surface area contributed by atoms with Crippen LogP contribution in [0.5, 0.6) is 0 Å². The lowest BCUT2D eigenvalue weighted by molar-refractivity contribution is 0.660. The van der Waals surface area contributed by atoms with Gasteiger partial charge in [0, 0.05) is 58.7 Å². The van der Waals surface area contributed by atoms with Crippen LogP contribution in [0, 0.1) is 0 Å². The zero-order valence-electron chi connectivity index (χ0n) is 37.0. The fourth-order valence-corrected chi connectivity index (χ4v) is 12.3. The number of thiophene rings is 1. The average molecular weight is 872 g/mol. The molecule has 0 aliphatic heterocycles. The molecule has 0 amide bonds. The van der Waals surface area contributed by atoms with E-state index < -0.39 is 0 Å². The van der Waals surface area contributed by atoms with Gasteiger partial charge in [0.25, 0.3) is 0 Å². The van der Waals surface area contributed by atoms with Crippen molar-refractivity contribution >= 4 is 74.9 Å². The van der Waals surface area contributed by atoms with Crippen LogP contribution in [-0.4, -0.2) is 14.5 Å². The van der Waals surface area contributed by atoms with E-state index in [0.717, 1.165) is 33.8 Å². The Balaban J connectivity index is 0.918. The minimum absolute atomic E-state index is 0.112. The Hall–Kier alpha value is -8.18. The highest BCUT2D eigenvalue weighted by atomic mass is 32.1. The van der Waals surface area contributed by atoms with Gasteiger partial charge in [0.15, 0.2) is 5.82 Å². The molecule has 1 aliphatic rings. The van der Waals surface area contributed by atoms with Crippen LogP contribution in [0.4, 0.5) is 0 Å². The highest BCUT2D eigenvalue weighted by Crippen LogP contribution is 2.50. The molecule has 314 valence electrons. The fourth-order valence-electron chi connectivity index (χ4n) is 11.2.